The van der Waals surface area contributed by atoms with E-state index in [4.69, 9.17) is 21.1 Å². The first-order valence-corrected chi connectivity index (χ1v) is 6.22. The molecule has 15 heavy (non-hydrogen) atoms. The lowest BCUT2D eigenvalue weighted by molar-refractivity contribution is 0.0170. The minimum Gasteiger partial charge on any atom is -0.383 e. The highest BCUT2D eigenvalue weighted by Gasteiger charge is 2.13. The molecule has 1 aliphatic heterocycles. The van der Waals surface area contributed by atoms with Gasteiger partial charge in [-0.15, -0.1) is 11.6 Å². The van der Waals surface area contributed by atoms with Crippen molar-refractivity contribution in [1.29, 1.82) is 0 Å². The second kappa shape index (κ2) is 8.34. The lowest BCUT2D eigenvalue weighted by Crippen LogP contribution is -2.33. The highest BCUT2D eigenvalue weighted by Crippen LogP contribution is 2.11. The van der Waals surface area contributed by atoms with Crippen molar-refractivity contribution in [1.82, 2.24) is 5.32 Å². The van der Waals surface area contributed by atoms with E-state index in [1.165, 1.54) is 19.3 Å². The summed E-state index contributed by atoms with van der Waals surface area (Å²) in [5.41, 5.74) is 0. The monoisotopic (exact) mass is 235 g/mol. The molecule has 1 aliphatic rings. The van der Waals surface area contributed by atoms with E-state index < -0.39 is 0 Å². The maximum atomic E-state index is 6.01. The summed E-state index contributed by atoms with van der Waals surface area (Å²) in [6, 6.07) is 0. The van der Waals surface area contributed by atoms with Crippen LogP contribution in [0.1, 0.15) is 25.7 Å². The van der Waals surface area contributed by atoms with Crippen molar-refractivity contribution in [2.45, 2.75) is 37.2 Å². The number of hydrogen-bond donors (Lipinski definition) is 1. The van der Waals surface area contributed by atoms with Crippen LogP contribution in [-0.4, -0.2) is 44.9 Å². The highest BCUT2D eigenvalue weighted by atomic mass is 35.5. The van der Waals surface area contributed by atoms with E-state index in [9.17, 15) is 0 Å². The fraction of sp³-hybridized carbons (Fsp3) is 1.00. The summed E-state index contributed by atoms with van der Waals surface area (Å²) in [5.74, 6) is 0. The summed E-state index contributed by atoms with van der Waals surface area (Å²) in [6.07, 6.45) is 5.06. The largest absolute Gasteiger partial charge is 0.383 e. The Hall–Kier alpha value is 0.170. The normalized spacial score (nSPS) is 24.0. The average Bonchev–Trinajstić information content (AvgIpc) is 2.26. The molecule has 2 unspecified atom stereocenters. The lowest BCUT2D eigenvalue weighted by atomic mass is 10.1. The minimum atomic E-state index is 0.120. The maximum absolute atomic E-state index is 6.01. The van der Waals surface area contributed by atoms with Crippen molar-refractivity contribution in [3.05, 3.63) is 0 Å². The van der Waals surface area contributed by atoms with Gasteiger partial charge in [0.25, 0.3) is 0 Å². The van der Waals surface area contributed by atoms with Gasteiger partial charge in [-0.05, 0) is 32.2 Å². The van der Waals surface area contributed by atoms with Crippen LogP contribution in [0.2, 0.25) is 0 Å². The first-order chi connectivity index (χ1) is 7.33. The predicted molar refractivity (Wildman–Crippen MR) is 62.6 cm³/mol. The molecular weight excluding hydrogens is 214 g/mol. The van der Waals surface area contributed by atoms with Crippen LogP contribution in [0, 0.1) is 0 Å². The molecule has 0 aliphatic carbocycles. The predicted octanol–water partition coefficient (Wildman–Crippen LogP) is 1.79. The maximum Gasteiger partial charge on any atom is 0.0699 e. The summed E-state index contributed by atoms with van der Waals surface area (Å²) in [4.78, 5) is 0. The first-order valence-electron chi connectivity index (χ1n) is 5.78. The van der Waals surface area contributed by atoms with Crippen LogP contribution < -0.4 is 5.32 Å². The zero-order valence-electron chi connectivity index (χ0n) is 9.51. The molecule has 1 heterocycles. The fourth-order valence-electron chi connectivity index (χ4n) is 1.75. The van der Waals surface area contributed by atoms with Gasteiger partial charge in [0.1, 0.15) is 0 Å². The molecule has 0 aromatic heterocycles. The van der Waals surface area contributed by atoms with Gasteiger partial charge >= 0.3 is 0 Å². The van der Waals surface area contributed by atoms with Crippen molar-refractivity contribution in [3.8, 4) is 0 Å². The van der Waals surface area contributed by atoms with Crippen LogP contribution in [0.5, 0.6) is 0 Å². The molecule has 0 aromatic carbocycles. The molecule has 2 atom stereocenters. The van der Waals surface area contributed by atoms with Crippen LogP contribution in [0.15, 0.2) is 0 Å². The summed E-state index contributed by atoms with van der Waals surface area (Å²) >= 11 is 6.01. The van der Waals surface area contributed by atoms with Gasteiger partial charge in [-0.3, -0.25) is 0 Å². The van der Waals surface area contributed by atoms with E-state index in [-0.39, 0.29) is 5.38 Å². The van der Waals surface area contributed by atoms with Crippen molar-refractivity contribution < 1.29 is 9.47 Å². The molecule has 0 aromatic rings. The molecule has 90 valence electrons. The van der Waals surface area contributed by atoms with Crippen LogP contribution in [-0.2, 0) is 9.47 Å². The molecule has 1 rings (SSSR count). The summed E-state index contributed by atoms with van der Waals surface area (Å²) in [7, 11) is 1.68. The van der Waals surface area contributed by atoms with Gasteiger partial charge in [0.15, 0.2) is 0 Å². The van der Waals surface area contributed by atoms with Gasteiger partial charge in [0.05, 0.1) is 18.1 Å². The van der Waals surface area contributed by atoms with Crippen LogP contribution in [0.25, 0.3) is 0 Å². The number of ether oxygens (including phenoxy) is 2. The van der Waals surface area contributed by atoms with Gasteiger partial charge in [-0.1, -0.05) is 0 Å². The number of rotatable bonds is 7. The van der Waals surface area contributed by atoms with Gasteiger partial charge in [0.2, 0.25) is 0 Å². The Labute approximate surface area is 97.5 Å². The lowest BCUT2D eigenvalue weighted by Gasteiger charge is -2.23. The molecule has 0 spiro atoms. The number of alkyl halides is 1. The van der Waals surface area contributed by atoms with Gasteiger partial charge < -0.3 is 14.8 Å². The Morgan fingerprint density at radius 1 is 1.53 bits per heavy atom. The summed E-state index contributed by atoms with van der Waals surface area (Å²) in [5, 5.41) is 3.50. The Morgan fingerprint density at radius 2 is 2.40 bits per heavy atom. The minimum absolute atomic E-state index is 0.120. The smallest absolute Gasteiger partial charge is 0.0699 e. The number of halogens is 1. The number of nitrogens with one attached hydrogen (secondary N) is 1. The first kappa shape index (κ1) is 13.2. The van der Waals surface area contributed by atoms with Crippen molar-refractivity contribution in [2.75, 3.05) is 33.4 Å². The average molecular weight is 236 g/mol. The van der Waals surface area contributed by atoms with E-state index in [1.54, 1.807) is 7.11 Å². The third kappa shape index (κ3) is 6.36. The summed E-state index contributed by atoms with van der Waals surface area (Å²) < 4.78 is 10.6. The molecule has 0 radical (unpaired) electrons. The topological polar surface area (TPSA) is 30.5 Å². The Kier molecular flexibility index (Phi) is 7.36. The highest BCUT2D eigenvalue weighted by molar-refractivity contribution is 6.20. The molecule has 0 amide bonds. The zero-order chi connectivity index (χ0) is 10.9. The van der Waals surface area contributed by atoms with Crippen molar-refractivity contribution >= 4 is 11.6 Å². The Bertz CT molecular complexity index is 152. The third-order valence-corrected chi connectivity index (χ3v) is 2.97. The van der Waals surface area contributed by atoms with E-state index >= 15 is 0 Å². The standard InChI is InChI=1S/C11H22ClNO2/c1-14-9-10(12)5-6-13-8-11-4-2-3-7-15-11/h10-11,13H,2-9H2,1H3. The van der Waals surface area contributed by atoms with Crippen LogP contribution in [0.4, 0.5) is 0 Å². The molecule has 0 saturated carbocycles. The Balaban J connectivity index is 1.91. The van der Waals surface area contributed by atoms with Gasteiger partial charge in [-0.25, -0.2) is 0 Å². The number of hydrogen-bond acceptors (Lipinski definition) is 3. The van der Waals surface area contributed by atoms with Crippen molar-refractivity contribution in [2.24, 2.45) is 0 Å². The molecule has 0 bridgehead atoms. The molecule has 1 saturated heterocycles. The van der Waals surface area contributed by atoms with E-state index in [1.807, 2.05) is 0 Å². The van der Waals surface area contributed by atoms with Crippen LogP contribution in [0.3, 0.4) is 0 Å². The molecular formula is C11H22ClNO2. The summed E-state index contributed by atoms with van der Waals surface area (Å²) in [6.45, 7) is 3.45. The zero-order valence-corrected chi connectivity index (χ0v) is 10.3. The van der Waals surface area contributed by atoms with E-state index in [0.717, 1.165) is 26.1 Å². The molecule has 1 fully saturated rings. The number of methoxy groups -OCH3 is 1. The van der Waals surface area contributed by atoms with E-state index in [0.29, 0.717) is 12.7 Å². The van der Waals surface area contributed by atoms with Crippen LogP contribution >= 0.6 is 11.6 Å². The molecule has 4 heteroatoms. The van der Waals surface area contributed by atoms with Gasteiger partial charge in [-0.2, -0.15) is 0 Å². The SMILES string of the molecule is COCC(Cl)CCNCC1CCCCO1. The third-order valence-electron chi connectivity index (χ3n) is 2.63. The van der Waals surface area contributed by atoms with E-state index in [2.05, 4.69) is 5.32 Å². The second-order valence-corrected chi connectivity index (χ2v) is 4.65. The fourth-order valence-corrected chi connectivity index (χ4v) is 1.99. The Morgan fingerprint density at radius 3 is 3.07 bits per heavy atom. The quantitative estimate of drug-likeness (QED) is 0.539. The van der Waals surface area contributed by atoms with Gasteiger partial charge in [0, 0.05) is 20.3 Å². The second-order valence-electron chi connectivity index (χ2n) is 4.03. The molecule has 1 N–H and O–H groups in total. The molecule has 3 nitrogen and oxygen atoms in total. The van der Waals surface area contributed by atoms with Crippen molar-refractivity contribution in [3.63, 3.8) is 0 Å².